The van der Waals surface area contributed by atoms with E-state index in [-0.39, 0.29) is 17.7 Å². The number of hydrogen-bond acceptors (Lipinski definition) is 6. The summed E-state index contributed by atoms with van der Waals surface area (Å²) in [5.74, 6) is 2.95. The van der Waals surface area contributed by atoms with E-state index in [1.165, 1.54) is 0 Å². The number of rotatable bonds is 6. The summed E-state index contributed by atoms with van der Waals surface area (Å²) in [6.07, 6.45) is 1.11. The van der Waals surface area contributed by atoms with Crippen LogP contribution in [0.4, 0.5) is 11.4 Å². The lowest BCUT2D eigenvalue weighted by Crippen LogP contribution is -2.26. The van der Waals surface area contributed by atoms with Gasteiger partial charge in [-0.1, -0.05) is 48.5 Å². The van der Waals surface area contributed by atoms with Gasteiger partial charge in [0.25, 0.3) is 0 Å². The smallest absolute Gasteiger partial charge is 0.163 e. The fourth-order valence-corrected chi connectivity index (χ4v) is 5.47. The van der Waals surface area contributed by atoms with Crippen LogP contribution in [0.1, 0.15) is 35.9 Å². The predicted octanol–water partition coefficient (Wildman–Crippen LogP) is 7.48. The Morgan fingerprint density at radius 1 is 0.692 bits per heavy atom. The van der Waals surface area contributed by atoms with Gasteiger partial charge >= 0.3 is 0 Å². The van der Waals surface area contributed by atoms with Crippen molar-refractivity contribution in [2.75, 3.05) is 24.9 Å². The van der Waals surface area contributed by atoms with Crippen LogP contribution in [-0.2, 0) is 4.79 Å². The van der Waals surface area contributed by atoms with Gasteiger partial charge in [-0.05, 0) is 72.0 Å². The van der Waals surface area contributed by atoms with Crippen LogP contribution in [0.5, 0.6) is 23.0 Å². The van der Waals surface area contributed by atoms with Crippen LogP contribution in [0.3, 0.4) is 0 Å². The Bertz CT molecular complexity index is 1550. The van der Waals surface area contributed by atoms with Crippen LogP contribution in [0.25, 0.3) is 0 Å². The number of carbonyl (C=O) groups is 1. The zero-order valence-electron chi connectivity index (χ0n) is 21.9. The molecule has 2 atom stereocenters. The summed E-state index contributed by atoms with van der Waals surface area (Å²) in [5, 5.41) is 7.26. The number of para-hydroxylation sites is 3. The van der Waals surface area contributed by atoms with E-state index in [9.17, 15) is 4.79 Å². The molecule has 0 unspecified atom stereocenters. The van der Waals surface area contributed by atoms with Gasteiger partial charge in [-0.3, -0.25) is 4.79 Å². The lowest BCUT2D eigenvalue weighted by molar-refractivity contribution is -0.116. The molecule has 0 radical (unpaired) electrons. The first-order valence-electron chi connectivity index (χ1n) is 13.1. The summed E-state index contributed by atoms with van der Waals surface area (Å²) in [5.41, 5.74) is 5.61. The average molecular weight is 519 g/mol. The third-order valence-electron chi connectivity index (χ3n) is 7.36. The number of carbonyl (C=O) groups excluding carboxylic acids is 1. The molecule has 0 fully saturated rings. The van der Waals surface area contributed by atoms with Crippen molar-refractivity contribution < 1.29 is 19.0 Å². The average Bonchev–Trinajstić information content (AvgIpc) is 3.14. The molecule has 1 aliphatic carbocycles. The molecule has 0 saturated heterocycles. The van der Waals surface area contributed by atoms with Gasteiger partial charge in [0.15, 0.2) is 17.3 Å². The minimum absolute atomic E-state index is 0.0159. The van der Waals surface area contributed by atoms with Crippen molar-refractivity contribution in [3.63, 3.8) is 0 Å². The molecule has 0 spiro atoms. The first-order valence-corrected chi connectivity index (χ1v) is 13.1. The lowest BCUT2D eigenvalue weighted by atomic mass is 9.78. The van der Waals surface area contributed by atoms with Crippen LogP contribution in [0, 0.1) is 0 Å². The zero-order valence-corrected chi connectivity index (χ0v) is 21.9. The fourth-order valence-electron chi connectivity index (χ4n) is 5.47. The molecule has 4 aromatic carbocycles. The van der Waals surface area contributed by atoms with Crippen molar-refractivity contribution in [1.29, 1.82) is 0 Å². The van der Waals surface area contributed by atoms with Gasteiger partial charge in [0, 0.05) is 17.7 Å². The Labute approximate surface area is 228 Å². The molecule has 4 aromatic rings. The Morgan fingerprint density at radius 3 is 2.23 bits per heavy atom. The highest BCUT2D eigenvalue weighted by Gasteiger charge is 2.36. The quantitative estimate of drug-likeness (QED) is 0.276. The van der Waals surface area contributed by atoms with Crippen molar-refractivity contribution in [3.8, 4) is 23.0 Å². The van der Waals surface area contributed by atoms with Crippen LogP contribution in [0.15, 0.2) is 108 Å². The SMILES string of the molecule is COc1ccc([C@H]2CC(=O)C3=C(C2)Nc2ccccc2N[C@H]3c2cccc(Oc3ccccc3)c2)cc1OC. The van der Waals surface area contributed by atoms with Gasteiger partial charge in [-0.15, -0.1) is 0 Å². The largest absolute Gasteiger partial charge is 0.493 e. The number of hydrogen-bond donors (Lipinski definition) is 2. The molecule has 0 bridgehead atoms. The second-order valence-electron chi connectivity index (χ2n) is 9.77. The van der Waals surface area contributed by atoms with Crippen LogP contribution in [0.2, 0.25) is 0 Å². The number of fused-ring (bicyclic) bond motifs is 1. The van der Waals surface area contributed by atoms with Gasteiger partial charge in [0.2, 0.25) is 0 Å². The van der Waals surface area contributed by atoms with Gasteiger partial charge in [0.1, 0.15) is 11.5 Å². The molecule has 0 amide bonds. The fraction of sp³-hybridized carbons (Fsp3) is 0.182. The van der Waals surface area contributed by atoms with Crippen molar-refractivity contribution in [2.24, 2.45) is 0 Å². The van der Waals surface area contributed by atoms with E-state index in [0.717, 1.165) is 45.3 Å². The van der Waals surface area contributed by atoms with Crippen LogP contribution < -0.4 is 24.8 Å². The van der Waals surface area contributed by atoms with E-state index in [1.54, 1.807) is 14.2 Å². The summed E-state index contributed by atoms with van der Waals surface area (Å²) in [6, 6.07) is 31.3. The maximum Gasteiger partial charge on any atom is 0.163 e. The molecule has 6 rings (SSSR count). The van der Waals surface area contributed by atoms with Gasteiger partial charge in [-0.2, -0.15) is 0 Å². The van der Waals surface area contributed by atoms with Gasteiger partial charge in [-0.25, -0.2) is 0 Å². The molecule has 2 N–H and O–H groups in total. The summed E-state index contributed by atoms with van der Waals surface area (Å²) >= 11 is 0. The zero-order chi connectivity index (χ0) is 26.8. The predicted molar refractivity (Wildman–Crippen MR) is 153 cm³/mol. The normalized spacial score (nSPS) is 18.2. The van der Waals surface area contributed by atoms with Crippen molar-refractivity contribution in [2.45, 2.75) is 24.8 Å². The maximum absolute atomic E-state index is 13.9. The minimum atomic E-state index is -0.325. The van der Waals surface area contributed by atoms with E-state index in [2.05, 4.69) is 10.6 Å². The number of anilines is 2. The highest BCUT2D eigenvalue weighted by Crippen LogP contribution is 2.45. The minimum Gasteiger partial charge on any atom is -0.493 e. The first kappa shape index (κ1) is 24.6. The van der Waals surface area contributed by atoms with Crippen molar-refractivity contribution in [3.05, 3.63) is 119 Å². The molecular formula is C33H30N2O4. The standard InChI is InChI=1S/C33H30N2O4/c1-37-30-16-15-21(20-31(30)38-2)23-18-28-32(29(36)19-23)33(35-27-14-7-6-13-26(27)34-28)22-9-8-12-25(17-22)39-24-10-4-3-5-11-24/h3-17,20,23,33-35H,18-19H2,1-2H3/t23-,33+/m1/s1. The van der Waals surface area contributed by atoms with E-state index in [4.69, 9.17) is 14.2 Å². The number of benzene rings is 4. The molecule has 196 valence electrons. The van der Waals surface area contributed by atoms with Crippen LogP contribution in [-0.4, -0.2) is 20.0 Å². The van der Waals surface area contributed by atoms with Crippen LogP contribution >= 0.6 is 0 Å². The van der Waals surface area contributed by atoms with Gasteiger partial charge < -0.3 is 24.8 Å². The summed E-state index contributed by atoms with van der Waals surface area (Å²) in [7, 11) is 3.25. The molecular weight excluding hydrogens is 488 g/mol. The Balaban J connectivity index is 1.39. The highest BCUT2D eigenvalue weighted by atomic mass is 16.5. The molecule has 6 heteroatoms. The number of ether oxygens (including phenoxy) is 3. The number of ketones is 1. The number of Topliss-reactive ketones (excluding diaryl/α,β-unsaturated/α-hetero) is 1. The van der Waals surface area contributed by atoms with E-state index in [1.807, 2.05) is 97.1 Å². The third kappa shape index (κ3) is 4.93. The second-order valence-corrected chi connectivity index (χ2v) is 9.77. The summed E-state index contributed by atoms with van der Waals surface area (Å²) in [4.78, 5) is 13.9. The topological polar surface area (TPSA) is 68.8 Å². The number of methoxy groups -OCH3 is 2. The molecule has 6 nitrogen and oxygen atoms in total. The molecule has 1 heterocycles. The Morgan fingerprint density at radius 2 is 1.44 bits per heavy atom. The third-order valence-corrected chi connectivity index (χ3v) is 7.36. The van der Waals surface area contributed by atoms with E-state index < -0.39 is 0 Å². The van der Waals surface area contributed by atoms with E-state index >= 15 is 0 Å². The molecule has 0 aromatic heterocycles. The Hall–Kier alpha value is -4.71. The number of nitrogens with one attached hydrogen (secondary N) is 2. The molecule has 39 heavy (non-hydrogen) atoms. The maximum atomic E-state index is 13.9. The van der Waals surface area contributed by atoms with Crippen molar-refractivity contribution in [1.82, 2.24) is 0 Å². The molecule has 2 aliphatic rings. The second kappa shape index (κ2) is 10.6. The summed E-state index contributed by atoms with van der Waals surface area (Å²) in [6.45, 7) is 0. The Kier molecular flexibility index (Phi) is 6.68. The highest BCUT2D eigenvalue weighted by molar-refractivity contribution is 6.01. The molecule has 0 saturated carbocycles. The molecule has 1 aliphatic heterocycles. The van der Waals surface area contributed by atoms with Crippen molar-refractivity contribution >= 4 is 17.2 Å². The van der Waals surface area contributed by atoms with Gasteiger partial charge in [0.05, 0.1) is 31.6 Å². The monoisotopic (exact) mass is 518 g/mol. The van der Waals surface area contributed by atoms with E-state index in [0.29, 0.717) is 24.3 Å². The summed E-state index contributed by atoms with van der Waals surface area (Å²) < 4.78 is 17.1. The number of allylic oxidation sites excluding steroid dienone is 1. The first-order chi connectivity index (χ1) is 19.1. The lowest BCUT2D eigenvalue weighted by Gasteiger charge is -2.30.